The number of carbonyl (C=O) groups excluding carboxylic acids is 1. The van der Waals surface area contributed by atoms with E-state index in [-0.39, 0.29) is 12.4 Å². The molecule has 1 aromatic carbocycles. The Hall–Kier alpha value is -3.03. The van der Waals surface area contributed by atoms with Crippen molar-refractivity contribution < 1.29 is 42.1 Å². The number of nitrogens with one attached hydrogen (secondary N) is 2. The number of aliphatic hydroxyl groups is 1. The lowest BCUT2D eigenvalue weighted by atomic mass is 9.98. The average molecular weight is 574 g/mol. The van der Waals surface area contributed by atoms with Gasteiger partial charge in [-0.2, -0.15) is 5.09 Å². The van der Waals surface area contributed by atoms with Gasteiger partial charge >= 0.3 is 19.4 Å². The molecule has 15 heteroatoms. The number of ether oxygens (including phenoxy) is 3. The first-order chi connectivity index (χ1) is 18.4. The Balaban J connectivity index is 1.79. The third-order valence-corrected chi connectivity index (χ3v) is 7.61. The number of alkyl halides is 1. The molecule has 1 unspecified atom stereocenters. The highest BCUT2D eigenvalue weighted by molar-refractivity contribution is 7.52. The maximum absolute atomic E-state index is 15.5. The molecule has 0 bridgehead atoms. The van der Waals surface area contributed by atoms with Crippen molar-refractivity contribution in [3.05, 3.63) is 57.4 Å². The smallest absolute Gasteiger partial charge is 0.459 e. The first-order valence-corrected chi connectivity index (χ1v) is 13.8. The molecule has 39 heavy (non-hydrogen) atoms. The summed E-state index contributed by atoms with van der Waals surface area (Å²) >= 11 is 0. The number of hydrogen-bond acceptors (Lipinski definition) is 10. The van der Waals surface area contributed by atoms with Crippen LogP contribution in [0.5, 0.6) is 11.5 Å². The van der Waals surface area contributed by atoms with Gasteiger partial charge in [0.2, 0.25) is 0 Å². The number of nitrogens with zero attached hydrogens (tertiary/aromatic N) is 1. The molecule has 216 valence electrons. The predicted octanol–water partition coefficient (Wildman–Crippen LogP) is 2.06. The highest BCUT2D eigenvalue weighted by atomic mass is 31.2. The van der Waals surface area contributed by atoms with Gasteiger partial charge in [0.05, 0.1) is 20.3 Å². The SMILES string of the molecule is CCCCOC(=O)[C@H](C)NP(=O)(OC[C@H]1O[C@@H](n2ccc(=O)[nH]c2=O)[C@](C)(F)[C@@H]1O)Oc1ccc(OC)cc1. The quantitative estimate of drug-likeness (QED) is 0.182. The Labute approximate surface area is 223 Å². The highest BCUT2D eigenvalue weighted by Crippen LogP contribution is 2.47. The van der Waals surface area contributed by atoms with E-state index in [4.69, 9.17) is 23.3 Å². The second-order valence-corrected chi connectivity index (χ2v) is 10.8. The first kappa shape index (κ1) is 30.5. The van der Waals surface area contributed by atoms with E-state index in [1.54, 1.807) is 12.1 Å². The van der Waals surface area contributed by atoms with E-state index in [9.17, 15) is 24.1 Å². The number of rotatable bonds is 13. The van der Waals surface area contributed by atoms with Crippen LogP contribution in [-0.2, 0) is 23.4 Å². The van der Waals surface area contributed by atoms with Crippen molar-refractivity contribution in [2.75, 3.05) is 20.3 Å². The summed E-state index contributed by atoms with van der Waals surface area (Å²) in [6.07, 6.45) is -2.39. The lowest BCUT2D eigenvalue weighted by molar-refractivity contribution is -0.145. The summed E-state index contributed by atoms with van der Waals surface area (Å²) in [5.41, 5.74) is -4.14. The molecular weight excluding hydrogens is 540 g/mol. The van der Waals surface area contributed by atoms with Crippen molar-refractivity contribution in [3.63, 3.8) is 0 Å². The van der Waals surface area contributed by atoms with Crippen molar-refractivity contribution in [2.45, 2.75) is 63.8 Å². The number of carbonyl (C=O) groups is 1. The number of unbranched alkanes of at least 4 members (excludes halogenated alkanes) is 1. The van der Waals surface area contributed by atoms with Gasteiger partial charge in [0, 0.05) is 12.3 Å². The van der Waals surface area contributed by atoms with Gasteiger partial charge < -0.3 is 23.8 Å². The van der Waals surface area contributed by atoms with Crippen LogP contribution in [-0.4, -0.2) is 64.9 Å². The number of benzene rings is 1. The molecule has 0 spiro atoms. The first-order valence-electron chi connectivity index (χ1n) is 12.3. The Kier molecular flexibility index (Phi) is 10.1. The summed E-state index contributed by atoms with van der Waals surface area (Å²) in [4.78, 5) is 38.0. The second kappa shape index (κ2) is 12.9. The zero-order valence-corrected chi connectivity index (χ0v) is 22.9. The lowest BCUT2D eigenvalue weighted by Crippen LogP contribution is -2.43. The molecule has 1 fully saturated rings. The third-order valence-electron chi connectivity index (χ3n) is 5.96. The molecule has 3 N–H and O–H groups in total. The summed E-state index contributed by atoms with van der Waals surface area (Å²) in [6.45, 7) is 3.86. The molecule has 13 nitrogen and oxygen atoms in total. The number of H-pyrrole nitrogens is 1. The van der Waals surface area contributed by atoms with E-state index in [1.807, 2.05) is 11.9 Å². The lowest BCUT2D eigenvalue weighted by Gasteiger charge is -2.25. The zero-order valence-electron chi connectivity index (χ0n) is 22.0. The monoisotopic (exact) mass is 573 g/mol. The molecule has 1 saturated heterocycles. The largest absolute Gasteiger partial charge is 0.497 e. The van der Waals surface area contributed by atoms with E-state index in [1.165, 1.54) is 26.2 Å². The summed E-state index contributed by atoms with van der Waals surface area (Å²) in [5.74, 6) is -0.0946. The summed E-state index contributed by atoms with van der Waals surface area (Å²) < 4.78 is 56.9. The zero-order chi connectivity index (χ0) is 28.8. The number of aromatic amines is 1. The highest BCUT2D eigenvalue weighted by Gasteiger charge is 2.55. The van der Waals surface area contributed by atoms with E-state index in [0.717, 1.165) is 30.2 Å². The molecule has 1 aromatic heterocycles. The second-order valence-electron chi connectivity index (χ2n) is 9.07. The van der Waals surface area contributed by atoms with Gasteiger partial charge in [-0.15, -0.1) is 0 Å². The van der Waals surface area contributed by atoms with Crippen LogP contribution in [0.4, 0.5) is 4.39 Å². The van der Waals surface area contributed by atoms with E-state index in [0.29, 0.717) is 12.2 Å². The number of aliphatic hydroxyl groups excluding tert-OH is 1. The number of halogens is 1. The van der Waals surface area contributed by atoms with Crippen molar-refractivity contribution in [3.8, 4) is 11.5 Å². The number of aromatic nitrogens is 2. The molecule has 2 heterocycles. The minimum Gasteiger partial charge on any atom is -0.497 e. The minimum absolute atomic E-state index is 0.0964. The topological polar surface area (TPSA) is 167 Å². The van der Waals surface area contributed by atoms with Gasteiger partial charge in [-0.1, -0.05) is 13.3 Å². The van der Waals surface area contributed by atoms with E-state index >= 15 is 4.39 Å². The molecule has 1 aliphatic heterocycles. The molecule has 3 rings (SSSR count). The Morgan fingerprint density at radius 3 is 2.56 bits per heavy atom. The third kappa shape index (κ3) is 7.55. The van der Waals surface area contributed by atoms with Crippen LogP contribution in [0.1, 0.15) is 39.8 Å². The summed E-state index contributed by atoms with van der Waals surface area (Å²) in [5, 5.41) is 13.1. The molecular formula is C24H33FN3O10P. The van der Waals surface area contributed by atoms with Crippen molar-refractivity contribution in [1.82, 2.24) is 14.6 Å². The fourth-order valence-electron chi connectivity index (χ4n) is 3.73. The Morgan fingerprint density at radius 1 is 1.28 bits per heavy atom. The predicted molar refractivity (Wildman–Crippen MR) is 136 cm³/mol. The maximum atomic E-state index is 15.5. The van der Waals surface area contributed by atoms with Gasteiger partial charge in [-0.05, 0) is 44.5 Å². The molecule has 0 radical (unpaired) electrons. The molecule has 0 saturated carbocycles. The van der Waals surface area contributed by atoms with Gasteiger partial charge in [0.1, 0.15) is 29.7 Å². The fraction of sp³-hybridized carbons (Fsp3) is 0.542. The van der Waals surface area contributed by atoms with Crippen LogP contribution in [0.3, 0.4) is 0 Å². The molecule has 6 atom stereocenters. The molecule has 2 aromatic rings. The van der Waals surface area contributed by atoms with Crippen LogP contribution in [0.15, 0.2) is 46.1 Å². The van der Waals surface area contributed by atoms with Gasteiger partial charge in [-0.25, -0.2) is 13.8 Å². The number of hydrogen-bond donors (Lipinski definition) is 3. The normalized spacial score (nSPS) is 25.0. The van der Waals surface area contributed by atoms with Crippen LogP contribution in [0.25, 0.3) is 0 Å². The minimum atomic E-state index is -4.36. The summed E-state index contributed by atoms with van der Waals surface area (Å²) in [6, 6.07) is 5.88. The van der Waals surface area contributed by atoms with Crippen LogP contribution >= 0.6 is 7.75 Å². The Morgan fingerprint density at radius 2 is 1.95 bits per heavy atom. The van der Waals surface area contributed by atoms with Crippen LogP contribution in [0.2, 0.25) is 0 Å². The number of methoxy groups -OCH3 is 1. The average Bonchev–Trinajstić information content (AvgIpc) is 3.11. The van der Waals surface area contributed by atoms with Crippen molar-refractivity contribution in [2.24, 2.45) is 0 Å². The number of esters is 1. The van der Waals surface area contributed by atoms with Crippen LogP contribution in [0, 0.1) is 0 Å². The molecule has 1 aliphatic rings. The van der Waals surface area contributed by atoms with Gasteiger partial charge in [-0.3, -0.25) is 23.7 Å². The molecule has 0 aliphatic carbocycles. The van der Waals surface area contributed by atoms with Crippen LogP contribution < -0.4 is 25.6 Å². The summed E-state index contributed by atoms with van der Waals surface area (Å²) in [7, 11) is -2.89. The van der Waals surface area contributed by atoms with Crippen molar-refractivity contribution in [1.29, 1.82) is 0 Å². The van der Waals surface area contributed by atoms with Crippen molar-refractivity contribution >= 4 is 13.7 Å². The van der Waals surface area contributed by atoms with E-state index < -0.39 is 61.7 Å². The van der Waals surface area contributed by atoms with E-state index in [2.05, 4.69) is 5.09 Å². The van der Waals surface area contributed by atoms with Gasteiger partial charge in [0.15, 0.2) is 11.9 Å². The molecule has 0 amide bonds. The fourth-order valence-corrected chi connectivity index (χ4v) is 5.23. The van der Waals surface area contributed by atoms with Gasteiger partial charge in [0.25, 0.3) is 5.56 Å². The maximum Gasteiger partial charge on any atom is 0.459 e. The Bertz CT molecular complexity index is 1280. The standard InChI is InChI=1S/C24H33FN3O10P/c1-5-6-13-35-21(31)15(2)27-39(33,38-17-9-7-16(34-4)8-10-17)36-14-18-20(30)24(3,25)22(37-18)28-12-11-19(29)26-23(28)32/h7-12,15,18,20,22,30H,5-6,13-14H2,1-4H3,(H,27,33)(H,26,29,32)/t15-,18+,20+,22+,24+,39?/m0/s1.